The van der Waals surface area contributed by atoms with Gasteiger partial charge in [0, 0.05) is 12.4 Å². The number of rotatable bonds is 2. The normalized spacial score (nSPS) is 9.67. The molecule has 0 aliphatic rings. The molecule has 0 spiro atoms. The summed E-state index contributed by atoms with van der Waals surface area (Å²) in [5, 5.41) is 0. The molecule has 4 aromatic heterocycles. The molecule has 0 aromatic carbocycles. The third-order valence-electron chi connectivity index (χ3n) is 2.78. The van der Waals surface area contributed by atoms with Gasteiger partial charge in [-0.05, 0) is 24.3 Å². The lowest BCUT2D eigenvalue weighted by atomic mass is 10.2. The molecule has 8 heteroatoms. The highest BCUT2D eigenvalue weighted by molar-refractivity contribution is 5.52. The van der Waals surface area contributed by atoms with Crippen LogP contribution in [-0.4, -0.2) is 39.9 Å². The molecule has 0 saturated heterocycles. The van der Waals surface area contributed by atoms with Crippen LogP contribution in [0.25, 0.3) is 23.0 Å². The van der Waals surface area contributed by atoms with Gasteiger partial charge in [0.25, 0.3) is 0 Å². The van der Waals surface area contributed by atoms with Crippen LogP contribution in [0.2, 0.25) is 0 Å². The third-order valence-corrected chi connectivity index (χ3v) is 2.78. The third kappa shape index (κ3) is 4.17. The number of pyridine rings is 2. The van der Waals surface area contributed by atoms with Crippen LogP contribution < -0.4 is 0 Å². The Bertz CT molecular complexity index is 692. The van der Waals surface area contributed by atoms with Crippen LogP contribution in [-0.2, 0) is 0 Å². The average Bonchev–Trinajstić information content (AvgIpc) is 2.71. The molecule has 0 unspecified atom stereocenters. The van der Waals surface area contributed by atoms with Crippen molar-refractivity contribution in [1.82, 2.24) is 39.9 Å². The van der Waals surface area contributed by atoms with Gasteiger partial charge in [0.2, 0.25) is 11.6 Å². The maximum atomic E-state index is 4.19. The van der Waals surface area contributed by atoms with E-state index in [1.807, 2.05) is 36.4 Å². The van der Waals surface area contributed by atoms with E-state index in [1.54, 1.807) is 12.4 Å². The first-order chi connectivity index (χ1) is 11.9. The first-order valence-corrected chi connectivity index (χ1v) is 7.00. The Labute approximate surface area is 137 Å². The second-order valence-corrected chi connectivity index (χ2v) is 4.35. The first kappa shape index (κ1) is 15.2. The van der Waals surface area contributed by atoms with E-state index in [4.69, 9.17) is 0 Å². The fourth-order valence-corrected chi connectivity index (χ4v) is 1.74. The van der Waals surface area contributed by atoms with Crippen molar-refractivity contribution in [2.24, 2.45) is 0 Å². The molecular formula is C16H12N8. The highest BCUT2D eigenvalue weighted by atomic mass is 15.1. The van der Waals surface area contributed by atoms with Crippen LogP contribution >= 0.6 is 0 Å². The maximum Gasteiger partial charge on any atom is 0.200 e. The Morgan fingerprint density at radius 3 is 1.21 bits per heavy atom. The fourth-order valence-electron chi connectivity index (χ4n) is 1.74. The number of nitrogens with zero attached hydrogens (tertiary/aromatic N) is 8. The van der Waals surface area contributed by atoms with Gasteiger partial charge in [0.1, 0.15) is 25.3 Å². The van der Waals surface area contributed by atoms with Crippen molar-refractivity contribution < 1.29 is 0 Å². The SMILES string of the molecule is c1ccc(-c2ccccn2)nc1.c1ncnc(-c2ncncn2)n1. The lowest BCUT2D eigenvalue weighted by Crippen LogP contribution is -1.94. The predicted octanol–water partition coefficient (Wildman–Crippen LogP) is 1.87. The van der Waals surface area contributed by atoms with Crippen molar-refractivity contribution in [2.45, 2.75) is 0 Å². The molecule has 8 nitrogen and oxygen atoms in total. The van der Waals surface area contributed by atoms with Crippen molar-refractivity contribution in [1.29, 1.82) is 0 Å². The number of aromatic nitrogens is 8. The van der Waals surface area contributed by atoms with Gasteiger partial charge in [0.15, 0.2) is 0 Å². The molecule has 116 valence electrons. The zero-order valence-corrected chi connectivity index (χ0v) is 12.5. The van der Waals surface area contributed by atoms with Crippen molar-refractivity contribution >= 4 is 0 Å². The van der Waals surface area contributed by atoms with E-state index in [0.29, 0.717) is 11.6 Å². The molecule has 0 aliphatic heterocycles. The van der Waals surface area contributed by atoms with Gasteiger partial charge in [-0.3, -0.25) is 9.97 Å². The van der Waals surface area contributed by atoms with E-state index in [1.165, 1.54) is 25.3 Å². The van der Waals surface area contributed by atoms with Crippen LogP contribution in [0.5, 0.6) is 0 Å². The lowest BCUT2D eigenvalue weighted by Gasteiger charge is -1.96. The topological polar surface area (TPSA) is 103 Å². The zero-order chi connectivity index (χ0) is 16.5. The van der Waals surface area contributed by atoms with Gasteiger partial charge in [-0.1, -0.05) is 12.1 Å². The lowest BCUT2D eigenvalue weighted by molar-refractivity contribution is 0.985. The Hall–Kier alpha value is -3.68. The Morgan fingerprint density at radius 1 is 0.458 bits per heavy atom. The molecule has 24 heavy (non-hydrogen) atoms. The molecule has 0 radical (unpaired) electrons. The van der Waals surface area contributed by atoms with Gasteiger partial charge in [-0.15, -0.1) is 0 Å². The van der Waals surface area contributed by atoms with Crippen LogP contribution in [0.1, 0.15) is 0 Å². The minimum Gasteiger partial charge on any atom is -0.255 e. The number of hydrogen-bond acceptors (Lipinski definition) is 8. The second-order valence-electron chi connectivity index (χ2n) is 4.35. The van der Waals surface area contributed by atoms with Crippen molar-refractivity contribution in [3.8, 4) is 23.0 Å². The molecule has 0 aliphatic carbocycles. The Balaban J connectivity index is 0.000000141. The fraction of sp³-hybridized carbons (Fsp3) is 0. The van der Waals surface area contributed by atoms with Crippen molar-refractivity contribution in [3.63, 3.8) is 0 Å². The summed E-state index contributed by atoms with van der Waals surface area (Å²) < 4.78 is 0. The van der Waals surface area contributed by atoms with Gasteiger partial charge >= 0.3 is 0 Å². The molecule has 0 fully saturated rings. The van der Waals surface area contributed by atoms with Gasteiger partial charge in [-0.2, -0.15) is 0 Å². The quantitative estimate of drug-likeness (QED) is 0.552. The van der Waals surface area contributed by atoms with Gasteiger partial charge in [-0.25, -0.2) is 29.9 Å². The predicted molar refractivity (Wildman–Crippen MR) is 86.1 cm³/mol. The largest absolute Gasteiger partial charge is 0.255 e. The Kier molecular flexibility index (Phi) is 5.13. The summed E-state index contributed by atoms with van der Waals surface area (Å²) in [6.07, 6.45) is 9.12. The molecule has 0 bridgehead atoms. The average molecular weight is 316 g/mol. The summed E-state index contributed by atoms with van der Waals surface area (Å²) in [4.78, 5) is 31.2. The summed E-state index contributed by atoms with van der Waals surface area (Å²) >= 11 is 0. The van der Waals surface area contributed by atoms with Gasteiger partial charge < -0.3 is 0 Å². The summed E-state index contributed by atoms with van der Waals surface area (Å²) in [6.45, 7) is 0. The molecule has 0 amide bonds. The monoisotopic (exact) mass is 316 g/mol. The van der Waals surface area contributed by atoms with E-state index in [2.05, 4.69) is 39.9 Å². The summed E-state index contributed by atoms with van der Waals surface area (Å²) in [5.74, 6) is 0.903. The smallest absolute Gasteiger partial charge is 0.200 e. The van der Waals surface area contributed by atoms with E-state index in [0.717, 1.165) is 11.4 Å². The highest BCUT2D eigenvalue weighted by Crippen LogP contribution is 2.10. The minimum atomic E-state index is 0.451. The van der Waals surface area contributed by atoms with E-state index < -0.39 is 0 Å². The summed E-state index contributed by atoms with van der Waals surface area (Å²) in [5.41, 5.74) is 1.83. The Morgan fingerprint density at radius 2 is 0.875 bits per heavy atom. The summed E-state index contributed by atoms with van der Waals surface area (Å²) in [6, 6.07) is 11.6. The first-order valence-electron chi connectivity index (χ1n) is 7.00. The molecule has 0 N–H and O–H groups in total. The minimum absolute atomic E-state index is 0.451. The van der Waals surface area contributed by atoms with Crippen LogP contribution in [0.15, 0.2) is 74.1 Å². The molecule has 0 atom stereocenters. The van der Waals surface area contributed by atoms with Crippen LogP contribution in [0.3, 0.4) is 0 Å². The highest BCUT2D eigenvalue weighted by Gasteiger charge is 2.00. The molecule has 4 rings (SSSR count). The van der Waals surface area contributed by atoms with E-state index >= 15 is 0 Å². The molecule has 4 heterocycles. The molecule has 0 saturated carbocycles. The van der Waals surface area contributed by atoms with E-state index in [9.17, 15) is 0 Å². The second kappa shape index (κ2) is 8.08. The molecular weight excluding hydrogens is 304 g/mol. The van der Waals surface area contributed by atoms with Crippen molar-refractivity contribution in [3.05, 3.63) is 74.1 Å². The summed E-state index contributed by atoms with van der Waals surface area (Å²) in [7, 11) is 0. The van der Waals surface area contributed by atoms with Crippen molar-refractivity contribution in [2.75, 3.05) is 0 Å². The molecule has 4 aromatic rings. The van der Waals surface area contributed by atoms with E-state index in [-0.39, 0.29) is 0 Å². The zero-order valence-electron chi connectivity index (χ0n) is 12.5. The van der Waals surface area contributed by atoms with Crippen LogP contribution in [0, 0.1) is 0 Å². The van der Waals surface area contributed by atoms with Crippen LogP contribution in [0.4, 0.5) is 0 Å². The number of hydrogen-bond donors (Lipinski definition) is 0. The maximum absolute atomic E-state index is 4.19. The van der Waals surface area contributed by atoms with Gasteiger partial charge in [0.05, 0.1) is 11.4 Å². The standard InChI is InChI=1S/C10H8N2.C6H4N6/c1-3-7-11-9(5-1)10-6-2-4-8-12-10;1-7-2-10-5(9-1)6-11-3-8-4-12-6/h1-8H;1-4H.